The van der Waals surface area contributed by atoms with Crippen molar-refractivity contribution in [2.75, 3.05) is 5.32 Å². The van der Waals surface area contributed by atoms with Crippen molar-refractivity contribution in [2.45, 2.75) is 19.9 Å². The monoisotopic (exact) mass is 393 g/mol. The third kappa shape index (κ3) is 2.98. The summed E-state index contributed by atoms with van der Waals surface area (Å²) in [6, 6.07) is 4.89. The number of fused-ring (bicyclic) bond motifs is 2. The van der Waals surface area contributed by atoms with Crippen LogP contribution in [0.1, 0.15) is 30.4 Å². The zero-order valence-corrected chi connectivity index (χ0v) is 16.4. The van der Waals surface area contributed by atoms with Crippen molar-refractivity contribution in [1.29, 1.82) is 0 Å². The molecule has 4 rings (SSSR count). The van der Waals surface area contributed by atoms with E-state index >= 15 is 0 Å². The van der Waals surface area contributed by atoms with Gasteiger partial charge in [0.2, 0.25) is 0 Å². The first-order valence-electron chi connectivity index (χ1n) is 8.99. The Kier molecular flexibility index (Phi) is 4.26. The maximum Gasteiger partial charge on any atom is 0.332 e. The van der Waals surface area contributed by atoms with Crippen LogP contribution in [0.5, 0.6) is 0 Å². The van der Waals surface area contributed by atoms with E-state index in [1.165, 1.54) is 30.8 Å². The number of amides is 1. The van der Waals surface area contributed by atoms with Crippen molar-refractivity contribution < 1.29 is 4.79 Å². The second kappa shape index (κ2) is 6.66. The van der Waals surface area contributed by atoms with Crippen molar-refractivity contribution in [3.05, 3.63) is 57.1 Å². The highest BCUT2D eigenvalue weighted by Crippen LogP contribution is 2.19. The SMILES string of the molecule is CC(C)n1ncc2cc(NC(=O)c3ccc4c(=O)n(C)c(=O)n(C)c4n3)cnc21. The number of aromatic nitrogens is 6. The molecule has 0 saturated carbocycles. The zero-order valence-electron chi connectivity index (χ0n) is 16.4. The molecule has 4 heterocycles. The molecule has 10 nitrogen and oxygen atoms in total. The van der Waals surface area contributed by atoms with Gasteiger partial charge in [-0.3, -0.25) is 18.7 Å². The topological polar surface area (TPSA) is 117 Å². The van der Waals surface area contributed by atoms with Crippen LogP contribution in [0.4, 0.5) is 5.69 Å². The van der Waals surface area contributed by atoms with Gasteiger partial charge >= 0.3 is 5.69 Å². The van der Waals surface area contributed by atoms with Gasteiger partial charge in [-0.25, -0.2) is 19.4 Å². The number of hydrogen-bond donors (Lipinski definition) is 1. The number of rotatable bonds is 3. The first-order valence-corrected chi connectivity index (χ1v) is 8.99. The lowest BCUT2D eigenvalue weighted by molar-refractivity contribution is 0.102. The van der Waals surface area contributed by atoms with Crippen molar-refractivity contribution in [3.8, 4) is 0 Å². The Hall–Kier alpha value is -3.82. The van der Waals surface area contributed by atoms with Crippen LogP contribution in [-0.4, -0.2) is 34.8 Å². The summed E-state index contributed by atoms with van der Waals surface area (Å²) in [4.78, 5) is 45.6. The van der Waals surface area contributed by atoms with Gasteiger partial charge in [0.1, 0.15) is 11.3 Å². The Bertz CT molecular complexity index is 1390. The number of carbonyl (C=O) groups excluding carboxylic acids is 1. The lowest BCUT2D eigenvalue weighted by Crippen LogP contribution is -2.37. The second-order valence-electron chi connectivity index (χ2n) is 7.05. The van der Waals surface area contributed by atoms with Gasteiger partial charge in [-0.1, -0.05) is 0 Å². The van der Waals surface area contributed by atoms with Gasteiger partial charge in [0, 0.05) is 25.5 Å². The Labute approximate surface area is 164 Å². The van der Waals surface area contributed by atoms with E-state index in [1.54, 1.807) is 23.1 Å². The number of anilines is 1. The van der Waals surface area contributed by atoms with Gasteiger partial charge in [-0.2, -0.15) is 5.10 Å². The highest BCUT2D eigenvalue weighted by Gasteiger charge is 2.15. The van der Waals surface area contributed by atoms with Crippen LogP contribution < -0.4 is 16.6 Å². The van der Waals surface area contributed by atoms with E-state index in [0.717, 1.165) is 15.6 Å². The maximum absolute atomic E-state index is 12.7. The van der Waals surface area contributed by atoms with Crippen molar-refractivity contribution in [2.24, 2.45) is 14.1 Å². The van der Waals surface area contributed by atoms with Gasteiger partial charge in [0.25, 0.3) is 11.5 Å². The van der Waals surface area contributed by atoms with Gasteiger partial charge in [-0.15, -0.1) is 0 Å². The number of carbonyl (C=O) groups is 1. The summed E-state index contributed by atoms with van der Waals surface area (Å²) in [7, 11) is 2.90. The number of nitrogens with zero attached hydrogens (tertiary/aromatic N) is 6. The fourth-order valence-electron chi connectivity index (χ4n) is 3.16. The molecule has 0 bridgehead atoms. The molecule has 29 heavy (non-hydrogen) atoms. The molecule has 0 aliphatic rings. The van der Waals surface area contributed by atoms with Crippen LogP contribution in [0.15, 0.2) is 40.2 Å². The molecule has 1 amide bonds. The second-order valence-corrected chi connectivity index (χ2v) is 7.05. The van der Waals surface area contributed by atoms with Crippen molar-refractivity contribution in [3.63, 3.8) is 0 Å². The molecule has 4 aromatic rings. The largest absolute Gasteiger partial charge is 0.332 e. The van der Waals surface area contributed by atoms with Gasteiger partial charge < -0.3 is 5.32 Å². The standard InChI is InChI=1S/C19H19N7O3/c1-10(2)26-15-11(8-21-26)7-12(9-20-15)22-17(27)14-6-5-13-16(23-14)24(3)19(29)25(4)18(13)28/h5-10H,1-4H3,(H,22,27). The van der Waals surface area contributed by atoms with E-state index in [9.17, 15) is 14.4 Å². The summed E-state index contributed by atoms with van der Waals surface area (Å²) in [5.41, 5.74) is 0.484. The Morgan fingerprint density at radius 1 is 1.07 bits per heavy atom. The van der Waals surface area contributed by atoms with Crippen LogP contribution in [0.2, 0.25) is 0 Å². The molecule has 0 radical (unpaired) electrons. The average molecular weight is 393 g/mol. The van der Waals surface area contributed by atoms with E-state index < -0.39 is 17.2 Å². The molecule has 148 valence electrons. The highest BCUT2D eigenvalue weighted by molar-refractivity contribution is 6.04. The minimum atomic E-state index is -0.510. The summed E-state index contributed by atoms with van der Waals surface area (Å²) in [6.07, 6.45) is 3.24. The summed E-state index contributed by atoms with van der Waals surface area (Å²) in [5.74, 6) is -0.475. The molecule has 0 aromatic carbocycles. The summed E-state index contributed by atoms with van der Waals surface area (Å²) >= 11 is 0. The van der Waals surface area contributed by atoms with Gasteiger partial charge in [0.15, 0.2) is 5.65 Å². The van der Waals surface area contributed by atoms with Crippen LogP contribution >= 0.6 is 0 Å². The van der Waals surface area contributed by atoms with Crippen molar-refractivity contribution >= 4 is 33.7 Å². The molecule has 0 atom stereocenters. The van der Waals surface area contributed by atoms with E-state index in [1.807, 2.05) is 13.8 Å². The summed E-state index contributed by atoms with van der Waals surface area (Å²) < 4.78 is 4.04. The fraction of sp³-hybridized carbons (Fsp3) is 0.263. The van der Waals surface area contributed by atoms with Crippen molar-refractivity contribution in [1.82, 2.24) is 28.9 Å². The molecule has 0 fully saturated rings. The van der Waals surface area contributed by atoms with E-state index in [2.05, 4.69) is 20.4 Å². The van der Waals surface area contributed by atoms with Gasteiger partial charge in [-0.05, 0) is 32.0 Å². The quantitative estimate of drug-likeness (QED) is 0.559. The van der Waals surface area contributed by atoms with Crippen LogP contribution in [-0.2, 0) is 14.1 Å². The predicted molar refractivity (Wildman–Crippen MR) is 108 cm³/mol. The Morgan fingerprint density at radius 3 is 2.55 bits per heavy atom. The number of pyridine rings is 2. The molecule has 4 aromatic heterocycles. The summed E-state index contributed by atoms with van der Waals surface area (Å²) in [5, 5.41) is 8.11. The molecule has 10 heteroatoms. The predicted octanol–water partition coefficient (Wildman–Crippen LogP) is 1.21. The molecule has 0 aliphatic heterocycles. The molecule has 0 saturated heterocycles. The van der Waals surface area contributed by atoms with E-state index in [4.69, 9.17) is 0 Å². The minimum absolute atomic E-state index is 0.0822. The first kappa shape index (κ1) is 18.5. The minimum Gasteiger partial charge on any atom is -0.319 e. The molecular formula is C19H19N7O3. The number of hydrogen-bond acceptors (Lipinski definition) is 6. The molecule has 1 N–H and O–H groups in total. The van der Waals surface area contributed by atoms with Crippen LogP contribution in [0, 0.1) is 0 Å². The normalized spacial score (nSPS) is 11.5. The molecule has 0 aliphatic carbocycles. The van der Waals surface area contributed by atoms with E-state index in [-0.39, 0.29) is 22.8 Å². The summed E-state index contributed by atoms with van der Waals surface area (Å²) in [6.45, 7) is 4.02. The van der Waals surface area contributed by atoms with Gasteiger partial charge in [0.05, 0.1) is 23.5 Å². The van der Waals surface area contributed by atoms with E-state index in [0.29, 0.717) is 5.69 Å². The highest BCUT2D eigenvalue weighted by atomic mass is 16.2. The molecule has 0 spiro atoms. The van der Waals surface area contributed by atoms with Crippen LogP contribution in [0.25, 0.3) is 22.1 Å². The zero-order chi connectivity index (χ0) is 20.9. The lowest BCUT2D eigenvalue weighted by Gasteiger charge is -2.09. The maximum atomic E-state index is 12.7. The third-order valence-electron chi connectivity index (χ3n) is 4.71. The smallest absolute Gasteiger partial charge is 0.319 e. The fourth-order valence-corrected chi connectivity index (χ4v) is 3.16. The number of nitrogens with one attached hydrogen (secondary N) is 1. The molecular weight excluding hydrogens is 374 g/mol. The van der Waals surface area contributed by atoms with Crippen LogP contribution in [0.3, 0.4) is 0 Å². The first-order chi connectivity index (χ1) is 13.8. The molecule has 0 unspecified atom stereocenters. The number of aryl methyl sites for hydroxylation is 1. The Balaban J connectivity index is 1.70. The lowest BCUT2D eigenvalue weighted by atomic mass is 10.2. The average Bonchev–Trinajstić information content (AvgIpc) is 3.13. The third-order valence-corrected chi connectivity index (χ3v) is 4.71. The Morgan fingerprint density at radius 2 is 1.83 bits per heavy atom.